The van der Waals surface area contributed by atoms with Gasteiger partial charge in [-0.2, -0.15) is 0 Å². The molecule has 2 saturated heterocycles. The molecule has 3 aliphatic rings. The Morgan fingerprint density at radius 3 is 2.12 bits per heavy atom. The minimum Gasteiger partial charge on any atom is -0.481 e. The van der Waals surface area contributed by atoms with E-state index < -0.39 is 5.97 Å². The van der Waals surface area contributed by atoms with Gasteiger partial charge < -0.3 is 5.11 Å². The third-order valence-electron chi connectivity index (χ3n) is 5.10. The number of fused-ring (bicyclic) bond motifs is 2. The zero-order valence-electron chi connectivity index (χ0n) is 10.5. The van der Waals surface area contributed by atoms with E-state index in [2.05, 4.69) is 4.90 Å². The molecule has 3 heteroatoms. The maximum Gasteiger partial charge on any atom is 0.303 e. The van der Waals surface area contributed by atoms with Crippen molar-refractivity contribution in [3.63, 3.8) is 0 Å². The normalized spacial score (nSPS) is 38.7. The second-order valence-corrected chi connectivity index (χ2v) is 6.21. The van der Waals surface area contributed by atoms with E-state index in [0.29, 0.717) is 24.4 Å². The number of carboxylic acid groups (broad SMARTS) is 1. The third-order valence-corrected chi connectivity index (χ3v) is 5.10. The van der Waals surface area contributed by atoms with E-state index in [0.717, 1.165) is 18.9 Å². The van der Waals surface area contributed by atoms with Gasteiger partial charge in [-0.1, -0.05) is 12.8 Å². The number of piperidine rings is 1. The SMILES string of the molecule is O=C(O)CC1CC2CCC(C1)N2C1CCCC1. The molecule has 1 saturated carbocycles. The third kappa shape index (κ3) is 2.22. The van der Waals surface area contributed by atoms with E-state index in [9.17, 15) is 4.79 Å². The fraction of sp³-hybridized carbons (Fsp3) is 0.929. The molecule has 3 nitrogen and oxygen atoms in total. The van der Waals surface area contributed by atoms with E-state index in [1.54, 1.807) is 0 Å². The van der Waals surface area contributed by atoms with Crippen molar-refractivity contribution in [2.75, 3.05) is 0 Å². The maximum absolute atomic E-state index is 10.8. The summed E-state index contributed by atoms with van der Waals surface area (Å²) in [4.78, 5) is 13.6. The van der Waals surface area contributed by atoms with Gasteiger partial charge in [0.15, 0.2) is 0 Å². The molecule has 2 heterocycles. The Hall–Kier alpha value is -0.570. The van der Waals surface area contributed by atoms with Gasteiger partial charge >= 0.3 is 5.97 Å². The van der Waals surface area contributed by atoms with Crippen molar-refractivity contribution in [2.45, 2.75) is 75.9 Å². The van der Waals surface area contributed by atoms with Crippen molar-refractivity contribution < 1.29 is 9.90 Å². The Morgan fingerprint density at radius 2 is 1.59 bits per heavy atom. The fourth-order valence-corrected chi connectivity index (χ4v) is 4.54. The van der Waals surface area contributed by atoms with Crippen LogP contribution in [0.25, 0.3) is 0 Å². The summed E-state index contributed by atoms with van der Waals surface area (Å²) in [5.74, 6) is -0.161. The number of hydrogen-bond acceptors (Lipinski definition) is 2. The van der Waals surface area contributed by atoms with Crippen LogP contribution in [0.2, 0.25) is 0 Å². The van der Waals surface area contributed by atoms with Crippen molar-refractivity contribution in [3.05, 3.63) is 0 Å². The van der Waals surface area contributed by atoms with Crippen LogP contribution in [0.1, 0.15) is 57.8 Å². The van der Waals surface area contributed by atoms with Crippen molar-refractivity contribution in [2.24, 2.45) is 5.92 Å². The highest BCUT2D eigenvalue weighted by Gasteiger charge is 2.44. The summed E-state index contributed by atoms with van der Waals surface area (Å²) in [6, 6.07) is 2.25. The molecule has 96 valence electrons. The molecule has 0 aromatic heterocycles. The molecule has 0 amide bonds. The molecule has 2 aliphatic heterocycles. The molecular formula is C14H23NO2. The van der Waals surface area contributed by atoms with Gasteiger partial charge in [0.05, 0.1) is 0 Å². The van der Waals surface area contributed by atoms with Gasteiger partial charge in [0.2, 0.25) is 0 Å². The largest absolute Gasteiger partial charge is 0.481 e. The summed E-state index contributed by atoms with van der Waals surface area (Å²) in [6.07, 6.45) is 10.9. The molecule has 2 atom stereocenters. The van der Waals surface area contributed by atoms with Crippen LogP contribution < -0.4 is 0 Å². The summed E-state index contributed by atoms with van der Waals surface area (Å²) < 4.78 is 0. The van der Waals surface area contributed by atoms with Crippen LogP contribution in [0.15, 0.2) is 0 Å². The summed E-state index contributed by atoms with van der Waals surface area (Å²) in [5.41, 5.74) is 0. The Kier molecular flexibility index (Phi) is 3.12. The zero-order valence-corrected chi connectivity index (χ0v) is 10.5. The van der Waals surface area contributed by atoms with Crippen LogP contribution in [-0.4, -0.2) is 34.1 Å². The van der Waals surface area contributed by atoms with Crippen molar-refractivity contribution in [3.8, 4) is 0 Å². The first kappa shape index (κ1) is 11.5. The second kappa shape index (κ2) is 4.60. The Morgan fingerprint density at radius 1 is 1.00 bits per heavy atom. The predicted molar refractivity (Wildman–Crippen MR) is 65.9 cm³/mol. The molecule has 1 aliphatic carbocycles. The number of carbonyl (C=O) groups is 1. The Bertz CT molecular complexity index is 285. The van der Waals surface area contributed by atoms with E-state index in [1.165, 1.54) is 38.5 Å². The van der Waals surface area contributed by atoms with Gasteiger partial charge in [-0.25, -0.2) is 0 Å². The number of rotatable bonds is 3. The monoisotopic (exact) mass is 237 g/mol. The Balaban J connectivity index is 1.65. The minimum atomic E-state index is -0.608. The molecule has 17 heavy (non-hydrogen) atoms. The van der Waals surface area contributed by atoms with E-state index in [-0.39, 0.29) is 0 Å². The highest BCUT2D eigenvalue weighted by atomic mass is 16.4. The fourth-order valence-electron chi connectivity index (χ4n) is 4.54. The van der Waals surface area contributed by atoms with Crippen LogP contribution in [0.5, 0.6) is 0 Å². The molecular weight excluding hydrogens is 214 g/mol. The predicted octanol–water partition coefficient (Wildman–Crippen LogP) is 2.65. The zero-order chi connectivity index (χ0) is 11.8. The highest BCUT2D eigenvalue weighted by molar-refractivity contribution is 5.67. The first-order valence-electron chi connectivity index (χ1n) is 7.23. The first-order chi connectivity index (χ1) is 8.24. The van der Waals surface area contributed by atoms with Crippen LogP contribution in [0.3, 0.4) is 0 Å². The molecule has 3 fully saturated rings. The number of carboxylic acids is 1. The highest BCUT2D eigenvalue weighted by Crippen LogP contribution is 2.43. The van der Waals surface area contributed by atoms with Crippen LogP contribution in [-0.2, 0) is 4.79 Å². The molecule has 0 spiro atoms. The Labute approximate surface area is 103 Å². The summed E-state index contributed by atoms with van der Waals surface area (Å²) in [5, 5.41) is 8.92. The average molecular weight is 237 g/mol. The van der Waals surface area contributed by atoms with Crippen LogP contribution in [0.4, 0.5) is 0 Å². The van der Waals surface area contributed by atoms with Gasteiger partial charge in [0.1, 0.15) is 0 Å². The van der Waals surface area contributed by atoms with Gasteiger partial charge in [0, 0.05) is 24.5 Å². The van der Waals surface area contributed by atoms with Crippen LogP contribution in [0, 0.1) is 5.92 Å². The molecule has 2 unspecified atom stereocenters. The quantitative estimate of drug-likeness (QED) is 0.820. The lowest BCUT2D eigenvalue weighted by Gasteiger charge is -2.42. The lowest BCUT2D eigenvalue weighted by molar-refractivity contribution is -0.138. The van der Waals surface area contributed by atoms with E-state index in [1.807, 2.05) is 0 Å². The second-order valence-electron chi connectivity index (χ2n) is 6.21. The first-order valence-corrected chi connectivity index (χ1v) is 7.23. The van der Waals surface area contributed by atoms with Crippen LogP contribution >= 0.6 is 0 Å². The minimum absolute atomic E-state index is 0.394. The van der Waals surface area contributed by atoms with Gasteiger partial charge in [-0.15, -0.1) is 0 Å². The van der Waals surface area contributed by atoms with Gasteiger partial charge in [0.25, 0.3) is 0 Å². The average Bonchev–Trinajstić information content (AvgIpc) is 2.84. The topological polar surface area (TPSA) is 40.5 Å². The number of hydrogen-bond donors (Lipinski definition) is 1. The van der Waals surface area contributed by atoms with Crippen molar-refractivity contribution in [1.82, 2.24) is 4.90 Å². The van der Waals surface area contributed by atoms with Gasteiger partial charge in [-0.05, 0) is 44.4 Å². The molecule has 0 radical (unpaired) electrons. The van der Waals surface area contributed by atoms with Crippen molar-refractivity contribution in [1.29, 1.82) is 0 Å². The molecule has 3 rings (SSSR count). The van der Waals surface area contributed by atoms with Crippen molar-refractivity contribution >= 4 is 5.97 Å². The standard InChI is InChI=1S/C14H23NO2/c16-14(17)9-10-7-12-5-6-13(8-10)15(12)11-3-1-2-4-11/h10-13H,1-9H2,(H,16,17). The summed E-state index contributed by atoms with van der Waals surface area (Å²) >= 11 is 0. The molecule has 0 aromatic rings. The van der Waals surface area contributed by atoms with E-state index in [4.69, 9.17) is 5.11 Å². The molecule has 0 aromatic carbocycles. The smallest absolute Gasteiger partial charge is 0.303 e. The lowest BCUT2D eigenvalue weighted by Crippen LogP contribution is -2.48. The lowest BCUT2D eigenvalue weighted by atomic mass is 9.87. The van der Waals surface area contributed by atoms with E-state index >= 15 is 0 Å². The molecule has 2 bridgehead atoms. The summed E-state index contributed by atoms with van der Waals surface area (Å²) in [7, 11) is 0. The molecule has 1 N–H and O–H groups in total. The number of aliphatic carboxylic acids is 1. The van der Waals surface area contributed by atoms with Gasteiger partial charge in [-0.3, -0.25) is 9.69 Å². The number of nitrogens with zero attached hydrogens (tertiary/aromatic N) is 1. The summed E-state index contributed by atoms with van der Waals surface area (Å²) in [6.45, 7) is 0. The maximum atomic E-state index is 10.8.